The van der Waals surface area contributed by atoms with Crippen LogP contribution in [0.2, 0.25) is 0 Å². The van der Waals surface area contributed by atoms with Gasteiger partial charge in [-0.1, -0.05) is 0 Å². The Bertz CT molecular complexity index is 740. The highest BCUT2D eigenvalue weighted by atomic mass is 19.1. The van der Waals surface area contributed by atoms with Crippen molar-refractivity contribution in [3.63, 3.8) is 0 Å². The molecule has 124 valence electrons. The molecular formula is C16H20FN3O3. The third-order valence-corrected chi connectivity index (χ3v) is 3.49. The van der Waals surface area contributed by atoms with Gasteiger partial charge in [0.1, 0.15) is 5.69 Å². The minimum atomic E-state index is -0.503. The van der Waals surface area contributed by atoms with Crippen LogP contribution in [0, 0.1) is 5.82 Å². The van der Waals surface area contributed by atoms with Crippen LogP contribution in [0.3, 0.4) is 0 Å². The lowest BCUT2D eigenvalue weighted by molar-refractivity contribution is -0.118. The standard InChI is InChI=1S/C16H20FN3O3/c1-4-18-16(22)15-10(5-6-19-9(2)21)11-7-14(23-3)12(17)8-13(11)20-15/h7-8,20H,4-6H2,1-3H3,(H,18,22)(H,19,21). The van der Waals surface area contributed by atoms with Gasteiger partial charge in [0, 0.05) is 37.0 Å². The molecule has 2 amide bonds. The zero-order chi connectivity index (χ0) is 17.0. The van der Waals surface area contributed by atoms with Crippen molar-refractivity contribution in [2.75, 3.05) is 20.2 Å². The molecule has 0 unspecified atom stereocenters. The molecule has 0 spiro atoms. The maximum absolute atomic E-state index is 13.9. The summed E-state index contributed by atoms with van der Waals surface area (Å²) in [6, 6.07) is 2.87. The lowest BCUT2D eigenvalue weighted by Crippen LogP contribution is -2.26. The van der Waals surface area contributed by atoms with Crippen LogP contribution in [0.15, 0.2) is 12.1 Å². The second-order valence-corrected chi connectivity index (χ2v) is 5.10. The quantitative estimate of drug-likeness (QED) is 0.758. The lowest BCUT2D eigenvalue weighted by atomic mass is 10.1. The number of fused-ring (bicyclic) bond motifs is 1. The summed E-state index contributed by atoms with van der Waals surface area (Å²) in [6.07, 6.45) is 0.445. The second-order valence-electron chi connectivity index (χ2n) is 5.10. The second kappa shape index (κ2) is 7.13. The van der Waals surface area contributed by atoms with Crippen LogP contribution in [0.25, 0.3) is 10.9 Å². The molecule has 7 heteroatoms. The Morgan fingerprint density at radius 3 is 2.65 bits per heavy atom. The summed E-state index contributed by atoms with van der Waals surface area (Å²) in [4.78, 5) is 26.2. The first-order valence-electron chi connectivity index (χ1n) is 7.38. The number of methoxy groups -OCH3 is 1. The first kappa shape index (κ1) is 16.8. The normalized spacial score (nSPS) is 10.6. The zero-order valence-electron chi connectivity index (χ0n) is 13.4. The van der Waals surface area contributed by atoms with E-state index >= 15 is 0 Å². The van der Waals surface area contributed by atoms with E-state index in [9.17, 15) is 14.0 Å². The summed E-state index contributed by atoms with van der Waals surface area (Å²) >= 11 is 0. The maximum Gasteiger partial charge on any atom is 0.268 e. The van der Waals surface area contributed by atoms with Crippen LogP contribution in [0.4, 0.5) is 4.39 Å². The average molecular weight is 321 g/mol. The van der Waals surface area contributed by atoms with E-state index in [-0.39, 0.29) is 17.6 Å². The maximum atomic E-state index is 13.9. The number of benzene rings is 1. The number of halogens is 1. The van der Waals surface area contributed by atoms with Crippen molar-refractivity contribution in [2.45, 2.75) is 20.3 Å². The average Bonchev–Trinajstić information content (AvgIpc) is 2.84. The Morgan fingerprint density at radius 1 is 1.30 bits per heavy atom. The molecular weight excluding hydrogens is 301 g/mol. The van der Waals surface area contributed by atoms with Crippen LogP contribution >= 0.6 is 0 Å². The molecule has 0 radical (unpaired) electrons. The predicted octanol–water partition coefficient (Wildman–Crippen LogP) is 1.74. The van der Waals surface area contributed by atoms with Crippen molar-refractivity contribution in [2.24, 2.45) is 0 Å². The minimum absolute atomic E-state index is 0.111. The summed E-state index contributed by atoms with van der Waals surface area (Å²) in [7, 11) is 1.39. The predicted molar refractivity (Wildman–Crippen MR) is 85.2 cm³/mol. The van der Waals surface area contributed by atoms with E-state index in [0.717, 1.165) is 5.56 Å². The molecule has 23 heavy (non-hydrogen) atoms. The summed E-state index contributed by atoms with van der Waals surface area (Å²) in [6.45, 7) is 4.12. The van der Waals surface area contributed by atoms with Gasteiger partial charge in [0.2, 0.25) is 5.91 Å². The highest BCUT2D eigenvalue weighted by Crippen LogP contribution is 2.29. The fraction of sp³-hybridized carbons (Fsp3) is 0.375. The Hall–Kier alpha value is -2.57. The van der Waals surface area contributed by atoms with Crippen molar-refractivity contribution in [3.05, 3.63) is 29.2 Å². The van der Waals surface area contributed by atoms with Crippen LogP contribution in [-0.4, -0.2) is 37.0 Å². The first-order chi connectivity index (χ1) is 11.0. The number of rotatable bonds is 6. The monoisotopic (exact) mass is 321 g/mol. The Morgan fingerprint density at radius 2 is 2.04 bits per heavy atom. The number of hydrogen-bond donors (Lipinski definition) is 3. The van der Waals surface area contributed by atoms with E-state index in [2.05, 4.69) is 15.6 Å². The van der Waals surface area contributed by atoms with Gasteiger partial charge >= 0.3 is 0 Å². The number of hydrogen-bond acceptors (Lipinski definition) is 3. The molecule has 0 fully saturated rings. The summed E-state index contributed by atoms with van der Waals surface area (Å²) in [5, 5.41) is 6.12. The summed E-state index contributed by atoms with van der Waals surface area (Å²) in [5.41, 5.74) is 1.61. The van der Waals surface area contributed by atoms with E-state index in [1.54, 1.807) is 6.07 Å². The smallest absolute Gasteiger partial charge is 0.268 e. The number of carbonyl (C=O) groups excluding carboxylic acids is 2. The molecule has 0 aliphatic carbocycles. The Kier molecular flexibility index (Phi) is 5.20. The van der Waals surface area contributed by atoms with Crippen molar-refractivity contribution in [1.82, 2.24) is 15.6 Å². The number of H-pyrrole nitrogens is 1. The van der Waals surface area contributed by atoms with Gasteiger partial charge in [0.15, 0.2) is 11.6 Å². The van der Waals surface area contributed by atoms with Gasteiger partial charge in [-0.05, 0) is 25.0 Å². The van der Waals surface area contributed by atoms with E-state index < -0.39 is 5.82 Å². The van der Waals surface area contributed by atoms with Crippen LogP contribution in [0.1, 0.15) is 29.9 Å². The number of ether oxygens (including phenoxy) is 1. The molecule has 0 saturated heterocycles. The molecule has 1 heterocycles. The Labute approximate surface area is 133 Å². The summed E-state index contributed by atoms with van der Waals surface area (Å²) in [5.74, 6) is -0.800. The van der Waals surface area contributed by atoms with Gasteiger partial charge in [0.25, 0.3) is 5.91 Å². The van der Waals surface area contributed by atoms with Gasteiger partial charge in [-0.2, -0.15) is 0 Å². The van der Waals surface area contributed by atoms with E-state index in [1.165, 1.54) is 20.1 Å². The van der Waals surface area contributed by atoms with E-state index in [1.807, 2.05) is 6.92 Å². The molecule has 2 rings (SSSR count). The van der Waals surface area contributed by atoms with E-state index in [0.29, 0.717) is 36.1 Å². The molecule has 2 aromatic rings. The van der Waals surface area contributed by atoms with Crippen molar-refractivity contribution in [1.29, 1.82) is 0 Å². The van der Waals surface area contributed by atoms with Crippen LogP contribution in [-0.2, 0) is 11.2 Å². The molecule has 0 aliphatic heterocycles. The molecule has 0 bridgehead atoms. The third kappa shape index (κ3) is 3.61. The highest BCUT2D eigenvalue weighted by molar-refractivity contribution is 6.01. The topological polar surface area (TPSA) is 83.2 Å². The third-order valence-electron chi connectivity index (χ3n) is 3.49. The Balaban J connectivity index is 2.49. The number of aromatic nitrogens is 1. The van der Waals surface area contributed by atoms with Crippen LogP contribution < -0.4 is 15.4 Å². The lowest BCUT2D eigenvalue weighted by Gasteiger charge is -2.06. The largest absolute Gasteiger partial charge is 0.494 e. The highest BCUT2D eigenvalue weighted by Gasteiger charge is 2.19. The first-order valence-corrected chi connectivity index (χ1v) is 7.38. The van der Waals surface area contributed by atoms with Gasteiger partial charge in [-0.25, -0.2) is 4.39 Å². The fourth-order valence-corrected chi connectivity index (χ4v) is 2.47. The molecule has 6 nitrogen and oxygen atoms in total. The molecule has 0 aliphatic rings. The molecule has 3 N–H and O–H groups in total. The van der Waals surface area contributed by atoms with Gasteiger partial charge in [-0.3, -0.25) is 9.59 Å². The molecule has 0 atom stereocenters. The van der Waals surface area contributed by atoms with Crippen LogP contribution in [0.5, 0.6) is 5.75 Å². The number of amides is 2. The van der Waals surface area contributed by atoms with Gasteiger partial charge < -0.3 is 20.4 Å². The summed E-state index contributed by atoms with van der Waals surface area (Å²) < 4.78 is 18.9. The molecule has 1 aromatic heterocycles. The minimum Gasteiger partial charge on any atom is -0.494 e. The van der Waals surface area contributed by atoms with Gasteiger partial charge in [-0.15, -0.1) is 0 Å². The van der Waals surface area contributed by atoms with Crippen molar-refractivity contribution < 1.29 is 18.7 Å². The fourth-order valence-electron chi connectivity index (χ4n) is 2.47. The SMILES string of the molecule is CCNC(=O)c1[nH]c2cc(F)c(OC)cc2c1CCNC(C)=O. The number of aromatic amines is 1. The van der Waals surface area contributed by atoms with Crippen molar-refractivity contribution >= 4 is 22.7 Å². The van der Waals surface area contributed by atoms with Crippen molar-refractivity contribution in [3.8, 4) is 5.75 Å². The molecule has 1 aromatic carbocycles. The zero-order valence-corrected chi connectivity index (χ0v) is 13.4. The molecule has 0 saturated carbocycles. The number of carbonyl (C=O) groups is 2. The number of nitrogens with one attached hydrogen (secondary N) is 3. The van der Waals surface area contributed by atoms with E-state index in [4.69, 9.17) is 4.74 Å². The van der Waals surface area contributed by atoms with Gasteiger partial charge in [0.05, 0.1) is 7.11 Å².